The smallest absolute Gasteiger partial charge is 0.153 e. The number of aryl methyl sites for hydroxylation is 1. The van der Waals surface area contributed by atoms with Gasteiger partial charge in [0.05, 0.1) is 5.69 Å². The van der Waals surface area contributed by atoms with Crippen molar-refractivity contribution in [3.8, 4) is 0 Å². The number of aromatic nitrogens is 1. The molecule has 4 aromatic rings. The molecule has 0 amide bonds. The molecule has 5 rings (SSSR count). The number of hydrogen-bond donors (Lipinski definition) is 1. The fourth-order valence-corrected chi connectivity index (χ4v) is 4.16. The Bertz CT molecular complexity index is 1110. The van der Waals surface area contributed by atoms with Crippen molar-refractivity contribution in [2.24, 2.45) is 0 Å². The highest BCUT2D eigenvalue weighted by Crippen LogP contribution is 2.35. The second kappa shape index (κ2) is 6.31. The summed E-state index contributed by atoms with van der Waals surface area (Å²) in [6.45, 7) is 4.44. The van der Waals surface area contributed by atoms with E-state index >= 15 is 0 Å². The normalized spacial score (nSPS) is 16.3. The third kappa shape index (κ3) is 2.72. The Morgan fingerprint density at radius 2 is 1.89 bits per heavy atom. The quantitative estimate of drug-likeness (QED) is 0.518. The van der Waals surface area contributed by atoms with Crippen molar-refractivity contribution in [2.45, 2.75) is 38.9 Å². The van der Waals surface area contributed by atoms with Gasteiger partial charge in [0.2, 0.25) is 0 Å². The fraction of sp³-hybridized carbons (Fsp3) is 0.261. The van der Waals surface area contributed by atoms with Crippen molar-refractivity contribution >= 4 is 33.4 Å². The van der Waals surface area contributed by atoms with E-state index in [0.717, 1.165) is 35.5 Å². The Morgan fingerprint density at radius 3 is 2.78 bits per heavy atom. The minimum atomic E-state index is 0.265. The lowest BCUT2D eigenvalue weighted by atomic mass is 10.1. The molecule has 1 aliphatic rings. The molecule has 136 valence electrons. The average Bonchev–Trinajstić information content (AvgIpc) is 3.23. The van der Waals surface area contributed by atoms with Gasteiger partial charge in [0.1, 0.15) is 17.3 Å². The second-order valence-corrected chi connectivity index (χ2v) is 7.50. The molecule has 0 bridgehead atoms. The van der Waals surface area contributed by atoms with Gasteiger partial charge in [-0.25, -0.2) is 4.98 Å². The number of para-hydroxylation sites is 1. The van der Waals surface area contributed by atoms with Gasteiger partial charge in [-0.2, -0.15) is 0 Å². The summed E-state index contributed by atoms with van der Waals surface area (Å²) in [7, 11) is 0. The predicted octanol–water partition coefficient (Wildman–Crippen LogP) is 5.58. The van der Waals surface area contributed by atoms with Gasteiger partial charge in [-0.15, -0.1) is 0 Å². The van der Waals surface area contributed by atoms with Gasteiger partial charge in [-0.05, 0) is 56.5 Å². The molecule has 0 unspecified atom stereocenters. The van der Waals surface area contributed by atoms with Crippen molar-refractivity contribution < 1.29 is 4.42 Å². The highest BCUT2D eigenvalue weighted by Gasteiger charge is 2.31. The van der Waals surface area contributed by atoms with Gasteiger partial charge >= 0.3 is 0 Å². The van der Waals surface area contributed by atoms with Crippen LogP contribution in [0.1, 0.15) is 25.8 Å². The van der Waals surface area contributed by atoms with Crippen LogP contribution in [0.3, 0.4) is 0 Å². The van der Waals surface area contributed by atoms with E-state index < -0.39 is 0 Å². The molecule has 1 atom stereocenters. The maximum atomic E-state index is 6.04. The van der Waals surface area contributed by atoms with Crippen molar-refractivity contribution in [3.63, 3.8) is 0 Å². The van der Waals surface area contributed by atoms with Crippen LogP contribution in [0.25, 0.3) is 21.9 Å². The Kier molecular flexibility index (Phi) is 3.78. The molecule has 0 aliphatic carbocycles. The molecule has 3 heterocycles. The number of fused-ring (bicyclic) bond motifs is 4. The Balaban J connectivity index is 1.39. The molecule has 0 radical (unpaired) electrons. The van der Waals surface area contributed by atoms with E-state index in [2.05, 4.69) is 65.4 Å². The molecule has 0 saturated carbocycles. The highest BCUT2D eigenvalue weighted by molar-refractivity contribution is 6.04. The monoisotopic (exact) mass is 357 g/mol. The van der Waals surface area contributed by atoms with Crippen LogP contribution in [-0.2, 0) is 6.42 Å². The van der Waals surface area contributed by atoms with Crippen molar-refractivity contribution in [2.75, 3.05) is 10.2 Å². The van der Waals surface area contributed by atoms with E-state index in [9.17, 15) is 0 Å². The predicted molar refractivity (Wildman–Crippen MR) is 111 cm³/mol. The molecular weight excluding hydrogens is 334 g/mol. The van der Waals surface area contributed by atoms with Crippen LogP contribution in [0.5, 0.6) is 0 Å². The van der Waals surface area contributed by atoms with E-state index in [0.29, 0.717) is 6.04 Å². The number of furan rings is 1. The van der Waals surface area contributed by atoms with Crippen LogP contribution < -0.4 is 10.2 Å². The molecule has 4 heteroatoms. The number of benzene rings is 2. The largest absolute Gasteiger partial charge is 0.456 e. The van der Waals surface area contributed by atoms with Crippen LogP contribution >= 0.6 is 0 Å². The van der Waals surface area contributed by atoms with Crippen molar-refractivity contribution in [3.05, 3.63) is 66.4 Å². The zero-order chi connectivity index (χ0) is 18.4. The average molecular weight is 357 g/mol. The molecule has 1 N–H and O–H groups in total. The third-order valence-corrected chi connectivity index (χ3v) is 5.40. The summed E-state index contributed by atoms with van der Waals surface area (Å²) in [6, 6.07) is 19.3. The summed E-state index contributed by atoms with van der Waals surface area (Å²) in [5, 5.41) is 6.01. The number of pyridine rings is 1. The lowest BCUT2D eigenvalue weighted by Gasteiger charge is -2.29. The Hall–Kier alpha value is -3.01. The molecule has 0 saturated heterocycles. The minimum Gasteiger partial charge on any atom is -0.456 e. The Labute approximate surface area is 158 Å². The van der Waals surface area contributed by atoms with E-state index in [-0.39, 0.29) is 6.17 Å². The number of nitrogens with zero attached hydrogens (tertiary/aromatic N) is 2. The lowest BCUT2D eigenvalue weighted by Crippen LogP contribution is -2.41. The highest BCUT2D eigenvalue weighted by atomic mass is 16.3. The summed E-state index contributed by atoms with van der Waals surface area (Å²) in [4.78, 5) is 6.96. The zero-order valence-corrected chi connectivity index (χ0v) is 15.6. The first-order valence-electron chi connectivity index (χ1n) is 9.61. The number of anilines is 2. The van der Waals surface area contributed by atoms with Crippen LogP contribution in [0.2, 0.25) is 0 Å². The number of rotatable bonds is 4. The van der Waals surface area contributed by atoms with E-state index in [1.807, 2.05) is 24.4 Å². The van der Waals surface area contributed by atoms with Gasteiger partial charge in [-0.3, -0.25) is 0 Å². The summed E-state index contributed by atoms with van der Waals surface area (Å²) in [6.07, 6.45) is 4.14. The summed E-state index contributed by atoms with van der Waals surface area (Å²) < 4.78 is 6.04. The first-order chi connectivity index (χ1) is 13.2. The summed E-state index contributed by atoms with van der Waals surface area (Å²) >= 11 is 0. The van der Waals surface area contributed by atoms with Crippen LogP contribution in [-0.4, -0.2) is 17.2 Å². The number of nitrogens with one attached hydrogen (secondary N) is 1. The first-order valence-corrected chi connectivity index (χ1v) is 9.61. The summed E-state index contributed by atoms with van der Waals surface area (Å²) in [5.74, 6) is 1.06. The van der Waals surface area contributed by atoms with Gasteiger partial charge in [-0.1, -0.05) is 30.3 Å². The molecule has 0 fully saturated rings. The second-order valence-electron chi connectivity index (χ2n) is 7.50. The standard InChI is InChI=1S/C23H23N3O/c1-15(2)26-22(25-19-7-5-13-24-23(19)26)12-10-16-9-11-18-17-6-3-4-8-20(17)27-21(18)14-16/h3-9,11,13-15,22,25H,10,12H2,1-2H3/t22-/m1/s1. The SMILES string of the molecule is CC(C)N1c2ncccc2N[C@H]1CCc1ccc2c(c1)oc1ccccc12. The Morgan fingerprint density at radius 1 is 1.04 bits per heavy atom. The number of hydrogen-bond acceptors (Lipinski definition) is 4. The van der Waals surface area contributed by atoms with E-state index in [1.54, 1.807) is 0 Å². The zero-order valence-electron chi connectivity index (χ0n) is 15.6. The molecular formula is C23H23N3O. The van der Waals surface area contributed by atoms with Crippen LogP contribution in [0.15, 0.2) is 65.2 Å². The molecule has 2 aromatic carbocycles. The van der Waals surface area contributed by atoms with Gasteiger partial charge in [0.25, 0.3) is 0 Å². The molecule has 27 heavy (non-hydrogen) atoms. The van der Waals surface area contributed by atoms with Gasteiger partial charge in [0, 0.05) is 23.0 Å². The fourth-order valence-electron chi connectivity index (χ4n) is 4.16. The van der Waals surface area contributed by atoms with Crippen LogP contribution in [0, 0.1) is 0 Å². The van der Waals surface area contributed by atoms with Crippen LogP contribution in [0.4, 0.5) is 11.5 Å². The minimum absolute atomic E-state index is 0.265. The molecule has 4 nitrogen and oxygen atoms in total. The first kappa shape index (κ1) is 16.2. The van der Waals surface area contributed by atoms with Crippen molar-refractivity contribution in [1.29, 1.82) is 0 Å². The van der Waals surface area contributed by atoms with E-state index in [4.69, 9.17) is 4.42 Å². The molecule has 0 spiro atoms. The molecule has 1 aliphatic heterocycles. The van der Waals surface area contributed by atoms with Gasteiger partial charge < -0.3 is 14.6 Å². The van der Waals surface area contributed by atoms with E-state index in [1.165, 1.54) is 16.3 Å². The molecule has 2 aromatic heterocycles. The van der Waals surface area contributed by atoms with Crippen molar-refractivity contribution in [1.82, 2.24) is 4.98 Å². The topological polar surface area (TPSA) is 41.3 Å². The maximum absolute atomic E-state index is 6.04. The lowest BCUT2D eigenvalue weighted by molar-refractivity contribution is 0.566. The maximum Gasteiger partial charge on any atom is 0.153 e. The summed E-state index contributed by atoms with van der Waals surface area (Å²) in [5.41, 5.74) is 4.35. The van der Waals surface area contributed by atoms with Gasteiger partial charge in [0.15, 0.2) is 5.82 Å². The third-order valence-electron chi connectivity index (χ3n) is 5.40.